The number of hydrogen-bond donors (Lipinski definition) is 1. The minimum Gasteiger partial charge on any atom is -0.497 e. The lowest BCUT2D eigenvalue weighted by atomic mass is 10.1. The maximum Gasteiger partial charge on any atom is 0.275 e. The Morgan fingerprint density at radius 2 is 2.41 bits per heavy atom. The Morgan fingerprint density at radius 1 is 1.59 bits per heavy atom. The van der Waals surface area contributed by atoms with Crippen LogP contribution in [0.2, 0.25) is 0 Å². The molecule has 0 saturated carbocycles. The zero-order valence-electron chi connectivity index (χ0n) is 9.51. The molecule has 0 spiro atoms. The standard InChI is InChI=1S/C11H14N2O4/c1-16-8-2-3-10(13(14)15)9(6-8)11-7-12-4-5-17-11/h2-3,6,11-12H,4-5,7H2,1H3. The van der Waals surface area contributed by atoms with Gasteiger partial charge in [-0.3, -0.25) is 10.1 Å². The van der Waals surface area contributed by atoms with Crippen LogP contribution in [0.3, 0.4) is 0 Å². The molecule has 92 valence electrons. The molecule has 0 aromatic heterocycles. The topological polar surface area (TPSA) is 73.6 Å². The second kappa shape index (κ2) is 5.11. The van der Waals surface area contributed by atoms with Crippen LogP contribution in [0, 0.1) is 10.1 Å². The molecule has 1 heterocycles. The average Bonchev–Trinajstić information content (AvgIpc) is 2.39. The summed E-state index contributed by atoms with van der Waals surface area (Å²) in [4.78, 5) is 10.6. The summed E-state index contributed by atoms with van der Waals surface area (Å²) in [6, 6.07) is 4.69. The lowest BCUT2D eigenvalue weighted by Gasteiger charge is -2.23. The number of hydrogen-bond acceptors (Lipinski definition) is 5. The number of nitrogens with one attached hydrogen (secondary N) is 1. The van der Waals surface area contributed by atoms with Crippen molar-refractivity contribution in [1.29, 1.82) is 0 Å². The summed E-state index contributed by atoms with van der Waals surface area (Å²) < 4.78 is 10.6. The number of rotatable bonds is 3. The van der Waals surface area contributed by atoms with Crippen LogP contribution < -0.4 is 10.1 Å². The first-order chi connectivity index (χ1) is 8.22. The highest BCUT2D eigenvalue weighted by Gasteiger charge is 2.25. The van der Waals surface area contributed by atoms with Crippen molar-refractivity contribution in [3.8, 4) is 5.75 Å². The van der Waals surface area contributed by atoms with Gasteiger partial charge < -0.3 is 14.8 Å². The normalized spacial score (nSPS) is 19.9. The van der Waals surface area contributed by atoms with E-state index in [0.29, 0.717) is 24.5 Å². The van der Waals surface area contributed by atoms with E-state index < -0.39 is 4.92 Å². The lowest BCUT2D eigenvalue weighted by Crippen LogP contribution is -2.33. The van der Waals surface area contributed by atoms with Crippen molar-refractivity contribution in [3.63, 3.8) is 0 Å². The molecule has 0 amide bonds. The molecule has 1 saturated heterocycles. The number of ether oxygens (including phenoxy) is 2. The Labute approximate surface area is 98.7 Å². The number of morpholine rings is 1. The molecule has 1 aromatic rings. The van der Waals surface area contributed by atoms with Crippen molar-refractivity contribution >= 4 is 5.69 Å². The van der Waals surface area contributed by atoms with Crippen molar-refractivity contribution < 1.29 is 14.4 Å². The summed E-state index contributed by atoms with van der Waals surface area (Å²) in [6.07, 6.45) is -0.292. The molecule has 0 aliphatic carbocycles. The summed E-state index contributed by atoms with van der Waals surface area (Å²) in [7, 11) is 1.53. The molecule has 1 atom stereocenters. The molecule has 17 heavy (non-hydrogen) atoms. The summed E-state index contributed by atoms with van der Waals surface area (Å²) in [5, 5.41) is 14.1. The Morgan fingerprint density at radius 3 is 3.00 bits per heavy atom. The van der Waals surface area contributed by atoms with E-state index in [2.05, 4.69) is 5.32 Å². The third-order valence-corrected chi connectivity index (χ3v) is 2.71. The summed E-state index contributed by atoms with van der Waals surface area (Å²) in [6.45, 7) is 1.90. The van der Waals surface area contributed by atoms with Gasteiger partial charge in [-0.25, -0.2) is 0 Å². The first-order valence-electron chi connectivity index (χ1n) is 5.37. The van der Waals surface area contributed by atoms with E-state index in [-0.39, 0.29) is 11.8 Å². The van der Waals surface area contributed by atoms with E-state index >= 15 is 0 Å². The van der Waals surface area contributed by atoms with E-state index in [0.717, 1.165) is 6.54 Å². The number of nitro groups is 1. The van der Waals surface area contributed by atoms with E-state index in [4.69, 9.17) is 9.47 Å². The van der Waals surface area contributed by atoms with Gasteiger partial charge in [0.15, 0.2) is 0 Å². The van der Waals surface area contributed by atoms with Gasteiger partial charge in [-0.1, -0.05) is 0 Å². The molecule has 6 nitrogen and oxygen atoms in total. The predicted molar refractivity (Wildman–Crippen MR) is 61.2 cm³/mol. The van der Waals surface area contributed by atoms with Crippen molar-refractivity contribution in [2.24, 2.45) is 0 Å². The molecule has 0 bridgehead atoms. The van der Waals surface area contributed by atoms with Crippen LogP contribution in [0.25, 0.3) is 0 Å². The third-order valence-electron chi connectivity index (χ3n) is 2.71. The molecule has 1 fully saturated rings. The Kier molecular flexibility index (Phi) is 3.55. The third kappa shape index (κ3) is 2.54. The molecule has 2 rings (SSSR count). The van der Waals surface area contributed by atoms with E-state index in [9.17, 15) is 10.1 Å². The van der Waals surface area contributed by atoms with Crippen molar-refractivity contribution in [2.45, 2.75) is 6.10 Å². The quantitative estimate of drug-likeness (QED) is 0.634. The summed E-state index contributed by atoms with van der Waals surface area (Å²) >= 11 is 0. The number of nitro benzene ring substituents is 1. The molecule has 1 N–H and O–H groups in total. The molecular weight excluding hydrogens is 224 g/mol. The fourth-order valence-electron chi connectivity index (χ4n) is 1.85. The van der Waals surface area contributed by atoms with Crippen LogP contribution in [0.1, 0.15) is 11.7 Å². The smallest absolute Gasteiger partial charge is 0.275 e. The van der Waals surface area contributed by atoms with Crippen LogP contribution in [-0.4, -0.2) is 31.7 Å². The van der Waals surface area contributed by atoms with Gasteiger partial charge in [0, 0.05) is 19.2 Å². The fourth-order valence-corrected chi connectivity index (χ4v) is 1.85. The Balaban J connectivity index is 2.36. The van der Waals surface area contributed by atoms with Gasteiger partial charge >= 0.3 is 0 Å². The van der Waals surface area contributed by atoms with Gasteiger partial charge in [0.1, 0.15) is 11.9 Å². The first kappa shape index (κ1) is 11.8. The van der Waals surface area contributed by atoms with Crippen LogP contribution >= 0.6 is 0 Å². The first-order valence-corrected chi connectivity index (χ1v) is 5.37. The molecule has 1 unspecified atom stereocenters. The number of benzene rings is 1. The zero-order valence-corrected chi connectivity index (χ0v) is 9.51. The van der Waals surface area contributed by atoms with E-state index in [1.54, 1.807) is 12.1 Å². The molecule has 1 aliphatic rings. The lowest BCUT2D eigenvalue weighted by molar-refractivity contribution is -0.386. The second-order valence-electron chi connectivity index (χ2n) is 3.75. The number of methoxy groups -OCH3 is 1. The Hall–Kier alpha value is -1.66. The maximum atomic E-state index is 11.0. The highest BCUT2D eigenvalue weighted by atomic mass is 16.6. The van der Waals surface area contributed by atoms with Crippen LogP contribution in [-0.2, 0) is 4.74 Å². The maximum absolute atomic E-state index is 11.0. The second-order valence-corrected chi connectivity index (χ2v) is 3.75. The monoisotopic (exact) mass is 238 g/mol. The van der Waals surface area contributed by atoms with Gasteiger partial charge in [-0.05, 0) is 12.1 Å². The summed E-state index contributed by atoms with van der Waals surface area (Å²) in [5.41, 5.74) is 0.626. The van der Waals surface area contributed by atoms with E-state index in [1.807, 2.05) is 0 Å². The fraction of sp³-hybridized carbons (Fsp3) is 0.455. The molecule has 6 heteroatoms. The van der Waals surface area contributed by atoms with Gasteiger partial charge in [-0.15, -0.1) is 0 Å². The van der Waals surface area contributed by atoms with Crippen molar-refractivity contribution in [1.82, 2.24) is 5.32 Å². The van der Waals surface area contributed by atoms with Gasteiger partial charge in [0.2, 0.25) is 0 Å². The number of nitrogens with zero attached hydrogens (tertiary/aromatic N) is 1. The largest absolute Gasteiger partial charge is 0.497 e. The highest BCUT2D eigenvalue weighted by molar-refractivity contribution is 5.46. The molecule has 0 radical (unpaired) electrons. The highest BCUT2D eigenvalue weighted by Crippen LogP contribution is 2.31. The van der Waals surface area contributed by atoms with Gasteiger partial charge in [0.05, 0.1) is 24.2 Å². The van der Waals surface area contributed by atoms with Crippen molar-refractivity contribution in [2.75, 3.05) is 26.8 Å². The van der Waals surface area contributed by atoms with Crippen molar-refractivity contribution in [3.05, 3.63) is 33.9 Å². The summed E-state index contributed by atoms with van der Waals surface area (Å²) in [5.74, 6) is 0.597. The predicted octanol–water partition coefficient (Wildman–Crippen LogP) is 1.26. The van der Waals surface area contributed by atoms with Crippen LogP contribution in [0.4, 0.5) is 5.69 Å². The van der Waals surface area contributed by atoms with E-state index in [1.165, 1.54) is 13.2 Å². The Bertz CT molecular complexity index is 416. The SMILES string of the molecule is COc1ccc([N+](=O)[O-])c(C2CNCCO2)c1. The van der Waals surface area contributed by atoms with Gasteiger partial charge in [0.25, 0.3) is 5.69 Å². The van der Waals surface area contributed by atoms with Crippen LogP contribution in [0.5, 0.6) is 5.75 Å². The zero-order chi connectivity index (χ0) is 12.3. The average molecular weight is 238 g/mol. The van der Waals surface area contributed by atoms with Gasteiger partial charge in [-0.2, -0.15) is 0 Å². The molecule has 1 aromatic carbocycles. The minimum absolute atomic E-state index is 0.0690. The molecule has 1 aliphatic heterocycles. The minimum atomic E-state index is -0.396. The molecular formula is C11H14N2O4. The van der Waals surface area contributed by atoms with Crippen LogP contribution in [0.15, 0.2) is 18.2 Å².